The van der Waals surface area contributed by atoms with Gasteiger partial charge in [0.15, 0.2) is 0 Å². The van der Waals surface area contributed by atoms with E-state index < -0.39 is 0 Å². The van der Waals surface area contributed by atoms with Crippen molar-refractivity contribution in [2.24, 2.45) is 0 Å². The molecule has 0 amide bonds. The molecule has 0 aliphatic heterocycles. The molecule has 0 saturated heterocycles. The number of nitriles is 1. The summed E-state index contributed by atoms with van der Waals surface area (Å²) in [5.74, 6) is -0.258. The summed E-state index contributed by atoms with van der Waals surface area (Å²) in [6.07, 6.45) is 0. The summed E-state index contributed by atoms with van der Waals surface area (Å²) in [4.78, 5) is 0. The Hall–Kier alpha value is -0.710. The van der Waals surface area contributed by atoms with Crippen LogP contribution in [0.1, 0.15) is 18.4 Å². The number of nitrogens with zero attached hydrogens (tertiary/aromatic N) is 1. The zero-order chi connectivity index (χ0) is 9.14. The molecule has 1 atom stereocenters. The first kappa shape index (κ1) is 9.38. The zero-order valence-corrected chi connectivity index (χ0v) is 8.02. The number of rotatable bonds is 1. The maximum atomic E-state index is 8.67. The zero-order valence-electron chi connectivity index (χ0n) is 6.51. The van der Waals surface area contributed by atoms with Gasteiger partial charge in [0.25, 0.3) is 0 Å². The van der Waals surface area contributed by atoms with E-state index in [4.69, 9.17) is 28.5 Å². The quantitative estimate of drug-likeness (QED) is 0.679. The van der Waals surface area contributed by atoms with Gasteiger partial charge in [0.05, 0.1) is 12.0 Å². The molecule has 0 saturated carbocycles. The van der Waals surface area contributed by atoms with Crippen LogP contribution in [0.15, 0.2) is 18.2 Å². The van der Waals surface area contributed by atoms with Crippen LogP contribution in [0.3, 0.4) is 0 Å². The van der Waals surface area contributed by atoms with E-state index in [1.165, 1.54) is 0 Å². The highest BCUT2D eigenvalue weighted by Gasteiger charge is 2.11. The predicted molar refractivity (Wildman–Crippen MR) is 50.5 cm³/mol. The van der Waals surface area contributed by atoms with Gasteiger partial charge < -0.3 is 0 Å². The third-order valence-corrected chi connectivity index (χ3v) is 2.29. The van der Waals surface area contributed by atoms with Gasteiger partial charge in [-0.05, 0) is 19.1 Å². The van der Waals surface area contributed by atoms with Crippen molar-refractivity contribution >= 4 is 23.2 Å². The Morgan fingerprint density at radius 2 is 1.83 bits per heavy atom. The van der Waals surface area contributed by atoms with Gasteiger partial charge in [-0.2, -0.15) is 5.26 Å². The minimum Gasteiger partial charge on any atom is -0.198 e. The molecule has 1 nitrogen and oxygen atoms in total. The summed E-state index contributed by atoms with van der Waals surface area (Å²) >= 11 is 11.7. The second-order valence-electron chi connectivity index (χ2n) is 2.49. The van der Waals surface area contributed by atoms with Crippen LogP contribution in [0.5, 0.6) is 0 Å². The molecule has 1 aromatic rings. The Kier molecular flexibility index (Phi) is 2.97. The van der Waals surface area contributed by atoms with Crippen molar-refractivity contribution in [2.75, 3.05) is 0 Å². The third kappa shape index (κ3) is 1.72. The van der Waals surface area contributed by atoms with Crippen LogP contribution in [0.2, 0.25) is 10.0 Å². The average Bonchev–Trinajstić information content (AvgIpc) is 2.03. The minimum atomic E-state index is -0.258. The molecule has 12 heavy (non-hydrogen) atoms. The molecule has 62 valence electrons. The van der Waals surface area contributed by atoms with Crippen LogP contribution in [0.4, 0.5) is 0 Å². The Morgan fingerprint density at radius 1 is 1.33 bits per heavy atom. The smallest absolute Gasteiger partial charge is 0.0713 e. The fourth-order valence-electron chi connectivity index (χ4n) is 0.989. The molecule has 0 radical (unpaired) electrons. The van der Waals surface area contributed by atoms with E-state index in [9.17, 15) is 0 Å². The molecular weight excluding hydrogens is 193 g/mol. The Labute approximate surface area is 81.5 Å². The van der Waals surface area contributed by atoms with Gasteiger partial charge in [-0.1, -0.05) is 29.3 Å². The lowest BCUT2D eigenvalue weighted by molar-refractivity contribution is 0.982. The second-order valence-corrected chi connectivity index (χ2v) is 3.30. The maximum Gasteiger partial charge on any atom is 0.0713 e. The van der Waals surface area contributed by atoms with Crippen LogP contribution in [-0.2, 0) is 0 Å². The fourth-order valence-corrected chi connectivity index (χ4v) is 1.71. The standard InChI is InChI=1S/C9H7Cl2N/c1-6(5-12)9-7(10)3-2-4-8(9)11/h2-4,6H,1H3. The molecule has 0 spiro atoms. The normalized spacial score (nSPS) is 12.2. The Morgan fingerprint density at radius 3 is 2.25 bits per heavy atom. The predicted octanol–water partition coefficient (Wildman–Crippen LogP) is 3.62. The van der Waals surface area contributed by atoms with Gasteiger partial charge in [0, 0.05) is 15.6 Å². The van der Waals surface area contributed by atoms with E-state index in [1.54, 1.807) is 25.1 Å². The second kappa shape index (κ2) is 3.80. The molecule has 0 aliphatic rings. The van der Waals surface area contributed by atoms with E-state index in [-0.39, 0.29) is 5.92 Å². The van der Waals surface area contributed by atoms with E-state index in [0.29, 0.717) is 15.6 Å². The molecule has 0 aliphatic carbocycles. The van der Waals surface area contributed by atoms with Crippen LogP contribution in [0, 0.1) is 11.3 Å². The van der Waals surface area contributed by atoms with Crippen molar-refractivity contribution in [1.82, 2.24) is 0 Å². The fraction of sp³-hybridized carbons (Fsp3) is 0.222. The minimum absolute atomic E-state index is 0.258. The van der Waals surface area contributed by atoms with Crippen LogP contribution >= 0.6 is 23.2 Å². The highest BCUT2D eigenvalue weighted by Crippen LogP contribution is 2.30. The monoisotopic (exact) mass is 199 g/mol. The molecule has 3 heteroatoms. The van der Waals surface area contributed by atoms with Gasteiger partial charge in [-0.15, -0.1) is 0 Å². The first-order chi connectivity index (χ1) is 5.66. The molecular formula is C9H7Cl2N. The van der Waals surface area contributed by atoms with Crippen LogP contribution < -0.4 is 0 Å². The van der Waals surface area contributed by atoms with Crippen molar-refractivity contribution in [1.29, 1.82) is 5.26 Å². The van der Waals surface area contributed by atoms with E-state index >= 15 is 0 Å². The number of benzene rings is 1. The molecule has 0 bridgehead atoms. The molecule has 0 aromatic heterocycles. The maximum absolute atomic E-state index is 8.67. The van der Waals surface area contributed by atoms with Crippen molar-refractivity contribution in [2.45, 2.75) is 12.8 Å². The van der Waals surface area contributed by atoms with Gasteiger partial charge in [-0.25, -0.2) is 0 Å². The first-order valence-corrected chi connectivity index (χ1v) is 4.26. The van der Waals surface area contributed by atoms with Crippen LogP contribution in [0.25, 0.3) is 0 Å². The molecule has 1 unspecified atom stereocenters. The summed E-state index contributed by atoms with van der Waals surface area (Å²) in [6, 6.07) is 7.32. The van der Waals surface area contributed by atoms with E-state index in [0.717, 1.165) is 0 Å². The summed E-state index contributed by atoms with van der Waals surface area (Å²) in [7, 11) is 0. The van der Waals surface area contributed by atoms with Gasteiger partial charge in [0.2, 0.25) is 0 Å². The number of hydrogen-bond donors (Lipinski definition) is 0. The van der Waals surface area contributed by atoms with Gasteiger partial charge in [0.1, 0.15) is 0 Å². The summed E-state index contributed by atoms with van der Waals surface area (Å²) in [5, 5.41) is 9.77. The number of hydrogen-bond acceptors (Lipinski definition) is 1. The lowest BCUT2D eigenvalue weighted by Crippen LogP contribution is -1.91. The van der Waals surface area contributed by atoms with Crippen molar-refractivity contribution < 1.29 is 0 Å². The molecule has 0 fully saturated rings. The molecule has 1 aromatic carbocycles. The SMILES string of the molecule is CC(C#N)c1c(Cl)cccc1Cl. The topological polar surface area (TPSA) is 23.8 Å². The van der Waals surface area contributed by atoms with Gasteiger partial charge >= 0.3 is 0 Å². The number of halogens is 2. The lowest BCUT2D eigenvalue weighted by atomic mass is 10.0. The third-order valence-electron chi connectivity index (χ3n) is 1.63. The summed E-state index contributed by atoms with van der Waals surface area (Å²) in [5.41, 5.74) is 0.711. The first-order valence-electron chi connectivity index (χ1n) is 3.50. The molecule has 0 heterocycles. The van der Waals surface area contributed by atoms with E-state index in [2.05, 4.69) is 6.07 Å². The average molecular weight is 200 g/mol. The highest BCUT2D eigenvalue weighted by atomic mass is 35.5. The van der Waals surface area contributed by atoms with Crippen molar-refractivity contribution in [3.05, 3.63) is 33.8 Å². The molecule has 0 N–H and O–H groups in total. The van der Waals surface area contributed by atoms with Gasteiger partial charge in [-0.3, -0.25) is 0 Å². The Bertz CT molecular complexity index is 308. The summed E-state index contributed by atoms with van der Waals surface area (Å²) < 4.78 is 0. The van der Waals surface area contributed by atoms with E-state index in [1.807, 2.05) is 0 Å². The molecule has 1 rings (SSSR count). The lowest BCUT2D eigenvalue weighted by Gasteiger charge is -2.07. The largest absolute Gasteiger partial charge is 0.198 e. The Balaban J connectivity index is 3.23. The van der Waals surface area contributed by atoms with Crippen LogP contribution in [-0.4, -0.2) is 0 Å². The summed E-state index contributed by atoms with van der Waals surface area (Å²) in [6.45, 7) is 1.77. The van der Waals surface area contributed by atoms with Crippen molar-refractivity contribution in [3.8, 4) is 6.07 Å². The highest BCUT2D eigenvalue weighted by molar-refractivity contribution is 6.36. The van der Waals surface area contributed by atoms with Crippen molar-refractivity contribution in [3.63, 3.8) is 0 Å².